The maximum Gasteiger partial charge on any atom is 0.223 e. The summed E-state index contributed by atoms with van der Waals surface area (Å²) in [7, 11) is 1.69. The average molecular weight is 303 g/mol. The predicted molar refractivity (Wildman–Crippen MR) is 90.2 cm³/mol. The topological polar surface area (TPSA) is 29.5 Å². The van der Waals surface area contributed by atoms with E-state index in [0.717, 1.165) is 31.7 Å². The zero-order valence-electron chi connectivity index (χ0n) is 14.4. The minimum atomic E-state index is 0.0546. The van der Waals surface area contributed by atoms with Crippen molar-refractivity contribution in [3.63, 3.8) is 0 Å². The highest BCUT2D eigenvalue weighted by molar-refractivity contribution is 5.77. The summed E-state index contributed by atoms with van der Waals surface area (Å²) in [4.78, 5) is 14.6. The van der Waals surface area contributed by atoms with Crippen LogP contribution in [0.15, 0.2) is 24.3 Å². The molecule has 1 aliphatic rings. The molecule has 0 bridgehead atoms. The Kier molecular flexibility index (Phi) is 5.49. The molecule has 1 aliphatic heterocycles. The van der Waals surface area contributed by atoms with Gasteiger partial charge in [-0.2, -0.15) is 0 Å². The summed E-state index contributed by atoms with van der Waals surface area (Å²) in [6.45, 7) is 8.14. The number of nitrogens with zero attached hydrogens (tertiary/aromatic N) is 1. The van der Waals surface area contributed by atoms with Gasteiger partial charge in [0, 0.05) is 25.4 Å². The van der Waals surface area contributed by atoms with Gasteiger partial charge in [0.05, 0.1) is 7.11 Å². The third-order valence-electron chi connectivity index (χ3n) is 4.29. The zero-order chi connectivity index (χ0) is 16.2. The molecule has 0 radical (unpaired) electrons. The lowest BCUT2D eigenvalue weighted by Gasteiger charge is -2.28. The minimum absolute atomic E-state index is 0.0546. The number of carbonyl (C=O) groups excluding carboxylic acids is 1. The number of rotatable bonds is 3. The van der Waals surface area contributed by atoms with Gasteiger partial charge in [-0.3, -0.25) is 4.79 Å². The van der Waals surface area contributed by atoms with Crippen molar-refractivity contribution in [3.8, 4) is 5.75 Å². The van der Waals surface area contributed by atoms with Crippen LogP contribution in [-0.4, -0.2) is 31.0 Å². The van der Waals surface area contributed by atoms with E-state index in [-0.39, 0.29) is 5.41 Å². The third kappa shape index (κ3) is 4.75. The summed E-state index contributed by atoms with van der Waals surface area (Å²) in [6, 6.07) is 8.31. The van der Waals surface area contributed by atoms with E-state index >= 15 is 0 Å². The molecule has 0 aromatic heterocycles. The highest BCUT2D eigenvalue weighted by Crippen LogP contribution is 2.29. The molecule has 1 fully saturated rings. The molecule has 0 aliphatic carbocycles. The Morgan fingerprint density at radius 3 is 2.50 bits per heavy atom. The molecule has 2 rings (SSSR count). The van der Waals surface area contributed by atoms with Crippen molar-refractivity contribution in [2.75, 3.05) is 20.2 Å². The average Bonchev–Trinajstić information content (AvgIpc) is 2.71. The van der Waals surface area contributed by atoms with Crippen LogP contribution in [-0.2, 0) is 4.79 Å². The Morgan fingerprint density at radius 1 is 1.23 bits per heavy atom. The molecule has 3 heteroatoms. The summed E-state index contributed by atoms with van der Waals surface area (Å²) >= 11 is 0. The molecule has 1 unspecified atom stereocenters. The number of amides is 1. The van der Waals surface area contributed by atoms with E-state index in [0.29, 0.717) is 18.2 Å². The van der Waals surface area contributed by atoms with Gasteiger partial charge >= 0.3 is 0 Å². The lowest BCUT2D eigenvalue weighted by atomic mass is 9.91. The molecular formula is C19H29NO2. The number of benzene rings is 1. The van der Waals surface area contributed by atoms with E-state index in [9.17, 15) is 4.79 Å². The fraction of sp³-hybridized carbons (Fsp3) is 0.632. The van der Waals surface area contributed by atoms with E-state index < -0.39 is 0 Å². The number of likely N-dealkylation sites (tertiary alicyclic amines) is 1. The van der Waals surface area contributed by atoms with Gasteiger partial charge in [0.15, 0.2) is 0 Å². The highest BCUT2D eigenvalue weighted by Gasteiger charge is 2.26. The van der Waals surface area contributed by atoms with Crippen molar-refractivity contribution < 1.29 is 9.53 Å². The molecule has 1 aromatic rings. The summed E-state index contributed by atoms with van der Waals surface area (Å²) in [5, 5.41) is 0. The standard InChI is InChI=1S/C19H29NO2/c1-19(2,3)13-18(21)20-12-6-5-7-16(14-20)15-8-10-17(22-4)11-9-15/h8-11,16H,5-7,12-14H2,1-4H3. The van der Waals surface area contributed by atoms with Crippen molar-refractivity contribution in [2.45, 2.75) is 52.4 Å². The van der Waals surface area contributed by atoms with E-state index in [1.165, 1.54) is 12.0 Å². The predicted octanol–water partition coefficient (Wildman–Crippen LogP) is 4.23. The Labute approximate surface area is 134 Å². The van der Waals surface area contributed by atoms with Crippen LogP contribution in [0.1, 0.15) is 57.9 Å². The number of hydrogen-bond donors (Lipinski definition) is 0. The fourth-order valence-corrected chi connectivity index (χ4v) is 3.08. The van der Waals surface area contributed by atoms with Gasteiger partial charge in [-0.05, 0) is 36.0 Å². The Morgan fingerprint density at radius 2 is 1.91 bits per heavy atom. The van der Waals surface area contributed by atoms with Crippen LogP contribution in [0.3, 0.4) is 0 Å². The molecule has 122 valence electrons. The molecule has 22 heavy (non-hydrogen) atoms. The first-order chi connectivity index (χ1) is 10.4. The van der Waals surface area contributed by atoms with Crippen LogP contribution in [0, 0.1) is 5.41 Å². The van der Waals surface area contributed by atoms with E-state index in [4.69, 9.17) is 4.74 Å². The number of ether oxygens (including phenoxy) is 1. The zero-order valence-corrected chi connectivity index (χ0v) is 14.4. The summed E-state index contributed by atoms with van der Waals surface area (Å²) in [5.74, 6) is 1.63. The number of hydrogen-bond acceptors (Lipinski definition) is 2. The molecule has 1 amide bonds. The first kappa shape index (κ1) is 16.9. The van der Waals surface area contributed by atoms with Gasteiger partial charge in [-0.1, -0.05) is 39.3 Å². The Bertz CT molecular complexity index is 487. The second-order valence-electron chi connectivity index (χ2n) is 7.54. The van der Waals surface area contributed by atoms with Gasteiger partial charge in [0.1, 0.15) is 5.75 Å². The van der Waals surface area contributed by atoms with Crippen LogP contribution in [0.2, 0.25) is 0 Å². The summed E-state index contributed by atoms with van der Waals surface area (Å²) in [6.07, 6.45) is 4.09. The first-order valence-corrected chi connectivity index (χ1v) is 8.31. The number of methoxy groups -OCH3 is 1. The summed E-state index contributed by atoms with van der Waals surface area (Å²) in [5.41, 5.74) is 1.37. The molecule has 0 saturated carbocycles. The lowest BCUT2D eigenvalue weighted by molar-refractivity contribution is -0.133. The number of carbonyl (C=O) groups is 1. The highest BCUT2D eigenvalue weighted by atomic mass is 16.5. The van der Waals surface area contributed by atoms with Crippen LogP contribution >= 0.6 is 0 Å². The maximum atomic E-state index is 12.5. The van der Waals surface area contributed by atoms with Crippen LogP contribution in [0.5, 0.6) is 5.75 Å². The van der Waals surface area contributed by atoms with Crippen LogP contribution in [0.25, 0.3) is 0 Å². The van der Waals surface area contributed by atoms with Gasteiger partial charge < -0.3 is 9.64 Å². The van der Waals surface area contributed by atoms with Crippen molar-refractivity contribution in [1.29, 1.82) is 0 Å². The van der Waals surface area contributed by atoms with Gasteiger partial charge in [-0.25, -0.2) is 0 Å². The minimum Gasteiger partial charge on any atom is -0.497 e. The van der Waals surface area contributed by atoms with Gasteiger partial charge in [0.25, 0.3) is 0 Å². The Hall–Kier alpha value is -1.51. The first-order valence-electron chi connectivity index (χ1n) is 8.31. The lowest BCUT2D eigenvalue weighted by Crippen LogP contribution is -2.36. The van der Waals surface area contributed by atoms with Crippen molar-refractivity contribution in [3.05, 3.63) is 29.8 Å². The second-order valence-corrected chi connectivity index (χ2v) is 7.54. The molecule has 0 spiro atoms. The molecular weight excluding hydrogens is 274 g/mol. The third-order valence-corrected chi connectivity index (χ3v) is 4.29. The van der Waals surface area contributed by atoms with Crippen LogP contribution in [0.4, 0.5) is 0 Å². The smallest absolute Gasteiger partial charge is 0.223 e. The van der Waals surface area contributed by atoms with Gasteiger partial charge in [-0.15, -0.1) is 0 Å². The monoisotopic (exact) mass is 303 g/mol. The molecule has 1 aromatic carbocycles. The molecule has 0 N–H and O–H groups in total. The quantitative estimate of drug-likeness (QED) is 0.836. The maximum absolute atomic E-state index is 12.5. The molecule has 1 saturated heterocycles. The van der Waals surface area contributed by atoms with Crippen molar-refractivity contribution >= 4 is 5.91 Å². The fourth-order valence-electron chi connectivity index (χ4n) is 3.08. The van der Waals surface area contributed by atoms with E-state index in [1.807, 2.05) is 12.1 Å². The summed E-state index contributed by atoms with van der Waals surface area (Å²) < 4.78 is 5.23. The Balaban J connectivity index is 2.07. The molecule has 1 heterocycles. The van der Waals surface area contributed by atoms with E-state index in [2.05, 4.69) is 37.8 Å². The normalized spacial score (nSPS) is 19.6. The largest absolute Gasteiger partial charge is 0.497 e. The van der Waals surface area contributed by atoms with Gasteiger partial charge in [0.2, 0.25) is 5.91 Å². The van der Waals surface area contributed by atoms with Crippen molar-refractivity contribution in [1.82, 2.24) is 4.90 Å². The SMILES string of the molecule is COc1ccc(C2CCCCN(C(=O)CC(C)(C)C)C2)cc1. The van der Waals surface area contributed by atoms with Crippen molar-refractivity contribution in [2.24, 2.45) is 5.41 Å². The van der Waals surface area contributed by atoms with E-state index in [1.54, 1.807) is 7.11 Å². The molecule has 3 nitrogen and oxygen atoms in total. The molecule has 1 atom stereocenters. The second kappa shape index (κ2) is 7.17. The van der Waals surface area contributed by atoms with Crippen LogP contribution < -0.4 is 4.74 Å².